The highest BCUT2D eigenvalue weighted by Gasteiger charge is 2.28. The van der Waals surface area contributed by atoms with Gasteiger partial charge >= 0.3 is 0 Å². The van der Waals surface area contributed by atoms with Gasteiger partial charge in [-0.05, 0) is 49.9 Å². The summed E-state index contributed by atoms with van der Waals surface area (Å²) >= 11 is 0. The second kappa shape index (κ2) is 7.35. The Morgan fingerprint density at radius 2 is 2.00 bits per heavy atom. The monoisotopic (exact) mass is 360 g/mol. The molecule has 1 atom stereocenters. The highest BCUT2D eigenvalue weighted by atomic mass is 16.2. The van der Waals surface area contributed by atoms with Crippen LogP contribution in [0.25, 0.3) is 10.9 Å². The molecule has 0 radical (unpaired) electrons. The SMILES string of the molecule is C[C@@H](Nc1ccc(C(=O)N(C)Cc2ccc3ccccc3n2)cn1)C1CC1. The fourth-order valence-corrected chi connectivity index (χ4v) is 3.28. The predicted octanol–water partition coefficient (Wildman–Crippen LogP) is 4.11. The maximum absolute atomic E-state index is 12.7. The van der Waals surface area contributed by atoms with Crippen LogP contribution in [0.1, 0.15) is 35.8 Å². The summed E-state index contributed by atoms with van der Waals surface area (Å²) < 4.78 is 0. The van der Waals surface area contributed by atoms with Crippen LogP contribution in [0.3, 0.4) is 0 Å². The molecule has 138 valence electrons. The molecule has 1 N–H and O–H groups in total. The number of hydrogen-bond donors (Lipinski definition) is 1. The van der Waals surface area contributed by atoms with E-state index in [1.807, 2.05) is 48.5 Å². The Hall–Kier alpha value is -2.95. The van der Waals surface area contributed by atoms with Gasteiger partial charge in [-0.2, -0.15) is 0 Å². The van der Waals surface area contributed by atoms with E-state index in [2.05, 4.69) is 22.2 Å². The first-order valence-corrected chi connectivity index (χ1v) is 9.43. The molecule has 0 aliphatic heterocycles. The maximum Gasteiger partial charge on any atom is 0.255 e. The Bertz CT molecular complexity index is 950. The Morgan fingerprint density at radius 3 is 2.74 bits per heavy atom. The van der Waals surface area contributed by atoms with Gasteiger partial charge in [0.1, 0.15) is 5.82 Å². The van der Waals surface area contributed by atoms with Crippen LogP contribution in [0.5, 0.6) is 0 Å². The second-order valence-corrected chi connectivity index (χ2v) is 7.36. The van der Waals surface area contributed by atoms with Crippen LogP contribution in [0.2, 0.25) is 0 Å². The van der Waals surface area contributed by atoms with Gasteiger partial charge in [0.05, 0.1) is 23.3 Å². The molecular weight excluding hydrogens is 336 g/mol. The number of rotatable bonds is 6. The predicted molar refractivity (Wildman–Crippen MR) is 108 cm³/mol. The fourth-order valence-electron chi connectivity index (χ4n) is 3.28. The molecule has 1 saturated carbocycles. The standard InChI is InChI=1S/C22H24N4O/c1-15(16-7-8-16)24-21-12-10-18(13-23-21)22(27)26(2)14-19-11-9-17-5-3-4-6-20(17)25-19/h3-6,9-13,15-16H,7-8,14H2,1-2H3,(H,23,24)/t15-/m1/s1. The number of amides is 1. The fraction of sp³-hybridized carbons (Fsp3) is 0.318. The van der Waals surface area contributed by atoms with E-state index in [1.165, 1.54) is 12.8 Å². The summed E-state index contributed by atoms with van der Waals surface area (Å²) in [5.41, 5.74) is 2.40. The average molecular weight is 360 g/mol. The van der Waals surface area contributed by atoms with E-state index in [-0.39, 0.29) is 5.91 Å². The summed E-state index contributed by atoms with van der Waals surface area (Å²) in [6.45, 7) is 2.64. The van der Waals surface area contributed by atoms with E-state index in [0.717, 1.165) is 28.3 Å². The van der Waals surface area contributed by atoms with Crippen molar-refractivity contribution in [1.29, 1.82) is 0 Å². The van der Waals surface area contributed by atoms with Gasteiger partial charge in [0.15, 0.2) is 0 Å². The smallest absolute Gasteiger partial charge is 0.255 e. The highest BCUT2D eigenvalue weighted by molar-refractivity contribution is 5.93. The topological polar surface area (TPSA) is 58.1 Å². The molecule has 1 aliphatic rings. The minimum Gasteiger partial charge on any atom is -0.367 e. The molecule has 27 heavy (non-hydrogen) atoms. The number of aromatic nitrogens is 2. The van der Waals surface area contributed by atoms with E-state index < -0.39 is 0 Å². The van der Waals surface area contributed by atoms with Crippen LogP contribution in [0, 0.1) is 5.92 Å². The van der Waals surface area contributed by atoms with Crippen LogP contribution in [-0.2, 0) is 6.54 Å². The Kier molecular flexibility index (Phi) is 4.75. The quantitative estimate of drug-likeness (QED) is 0.719. The Morgan fingerprint density at radius 1 is 1.19 bits per heavy atom. The first-order valence-electron chi connectivity index (χ1n) is 9.43. The third kappa shape index (κ3) is 4.08. The van der Waals surface area contributed by atoms with Crippen LogP contribution in [-0.4, -0.2) is 33.9 Å². The van der Waals surface area contributed by atoms with Crippen LogP contribution in [0.4, 0.5) is 5.82 Å². The summed E-state index contributed by atoms with van der Waals surface area (Å²) in [5, 5.41) is 4.51. The van der Waals surface area contributed by atoms with E-state index in [4.69, 9.17) is 0 Å². The number of pyridine rings is 2. The molecular formula is C22H24N4O. The van der Waals surface area contributed by atoms with Gasteiger partial charge in [-0.1, -0.05) is 24.3 Å². The molecule has 0 unspecified atom stereocenters. The Balaban J connectivity index is 1.41. The molecule has 1 aromatic carbocycles. The molecule has 1 fully saturated rings. The number of benzene rings is 1. The normalized spacial score (nSPS) is 14.7. The minimum absolute atomic E-state index is 0.0562. The third-order valence-electron chi connectivity index (χ3n) is 5.12. The molecule has 4 rings (SSSR count). The first kappa shape index (κ1) is 17.5. The van der Waals surface area contributed by atoms with Gasteiger partial charge in [-0.15, -0.1) is 0 Å². The molecule has 5 nitrogen and oxygen atoms in total. The van der Waals surface area contributed by atoms with E-state index in [0.29, 0.717) is 18.2 Å². The van der Waals surface area contributed by atoms with Crippen molar-refractivity contribution in [1.82, 2.24) is 14.9 Å². The van der Waals surface area contributed by atoms with Gasteiger partial charge < -0.3 is 10.2 Å². The highest BCUT2D eigenvalue weighted by Crippen LogP contribution is 2.33. The summed E-state index contributed by atoms with van der Waals surface area (Å²) in [7, 11) is 1.79. The van der Waals surface area contributed by atoms with Gasteiger partial charge in [-0.25, -0.2) is 4.98 Å². The van der Waals surface area contributed by atoms with Crippen LogP contribution in [0.15, 0.2) is 54.7 Å². The van der Waals surface area contributed by atoms with Crippen molar-refractivity contribution in [3.8, 4) is 0 Å². The number of para-hydroxylation sites is 1. The van der Waals surface area contributed by atoms with Crippen molar-refractivity contribution in [3.63, 3.8) is 0 Å². The van der Waals surface area contributed by atoms with Crippen LogP contribution >= 0.6 is 0 Å². The van der Waals surface area contributed by atoms with Crippen molar-refractivity contribution < 1.29 is 4.79 Å². The zero-order valence-electron chi connectivity index (χ0n) is 15.7. The number of carbonyl (C=O) groups is 1. The van der Waals surface area contributed by atoms with Crippen molar-refractivity contribution >= 4 is 22.6 Å². The van der Waals surface area contributed by atoms with Gasteiger partial charge in [-0.3, -0.25) is 9.78 Å². The number of carbonyl (C=O) groups excluding carboxylic acids is 1. The van der Waals surface area contributed by atoms with E-state index in [9.17, 15) is 4.79 Å². The van der Waals surface area contributed by atoms with Gasteiger partial charge in [0.25, 0.3) is 5.91 Å². The molecule has 1 aliphatic carbocycles. The maximum atomic E-state index is 12.7. The van der Waals surface area contributed by atoms with Gasteiger partial charge in [0.2, 0.25) is 0 Å². The third-order valence-corrected chi connectivity index (χ3v) is 5.12. The molecule has 2 aromatic heterocycles. The zero-order valence-corrected chi connectivity index (χ0v) is 15.7. The van der Waals surface area contributed by atoms with Crippen molar-refractivity contribution in [2.45, 2.75) is 32.4 Å². The van der Waals surface area contributed by atoms with Crippen molar-refractivity contribution in [3.05, 3.63) is 66.0 Å². The molecule has 0 spiro atoms. The number of nitrogens with zero attached hydrogens (tertiary/aromatic N) is 3. The largest absolute Gasteiger partial charge is 0.367 e. The Labute approximate surface area is 159 Å². The lowest BCUT2D eigenvalue weighted by molar-refractivity contribution is 0.0783. The van der Waals surface area contributed by atoms with Crippen LogP contribution < -0.4 is 5.32 Å². The zero-order chi connectivity index (χ0) is 18.8. The summed E-state index contributed by atoms with van der Waals surface area (Å²) in [5.74, 6) is 1.53. The van der Waals surface area contributed by atoms with Gasteiger partial charge in [0, 0.05) is 24.7 Å². The van der Waals surface area contributed by atoms with E-state index >= 15 is 0 Å². The summed E-state index contributed by atoms with van der Waals surface area (Å²) in [4.78, 5) is 23.4. The lowest BCUT2D eigenvalue weighted by Crippen LogP contribution is -2.27. The number of anilines is 1. The lowest BCUT2D eigenvalue weighted by Gasteiger charge is -2.18. The molecule has 3 aromatic rings. The van der Waals surface area contributed by atoms with E-state index in [1.54, 1.807) is 18.1 Å². The summed E-state index contributed by atoms with van der Waals surface area (Å²) in [6, 6.07) is 16.1. The second-order valence-electron chi connectivity index (χ2n) is 7.36. The minimum atomic E-state index is -0.0562. The number of nitrogens with one attached hydrogen (secondary N) is 1. The van der Waals surface area contributed by atoms with Crippen molar-refractivity contribution in [2.24, 2.45) is 5.92 Å². The van der Waals surface area contributed by atoms with Crippen molar-refractivity contribution in [2.75, 3.05) is 12.4 Å². The molecule has 2 heterocycles. The molecule has 1 amide bonds. The molecule has 5 heteroatoms. The lowest BCUT2D eigenvalue weighted by atomic mass is 10.2. The molecule has 0 bridgehead atoms. The average Bonchev–Trinajstić information content (AvgIpc) is 3.53. The number of hydrogen-bond acceptors (Lipinski definition) is 4. The number of fused-ring (bicyclic) bond motifs is 1. The first-order chi connectivity index (χ1) is 13.1. The molecule has 0 saturated heterocycles. The summed E-state index contributed by atoms with van der Waals surface area (Å²) in [6.07, 6.45) is 4.23.